The van der Waals surface area contributed by atoms with Crippen molar-refractivity contribution in [2.45, 2.75) is 44.9 Å². The van der Waals surface area contributed by atoms with Crippen LogP contribution in [0, 0.1) is 0 Å². The number of fused-ring (bicyclic) bond motifs is 1. The zero-order chi connectivity index (χ0) is 16.7. The van der Waals surface area contributed by atoms with E-state index >= 15 is 0 Å². The van der Waals surface area contributed by atoms with Gasteiger partial charge in [0.2, 0.25) is 5.88 Å². The van der Waals surface area contributed by atoms with E-state index in [4.69, 9.17) is 8.92 Å². The lowest BCUT2D eigenvalue weighted by molar-refractivity contribution is 0.261. The number of aromatic nitrogens is 2. The minimum absolute atomic E-state index is 0.178. The van der Waals surface area contributed by atoms with Crippen molar-refractivity contribution in [3.63, 3.8) is 0 Å². The van der Waals surface area contributed by atoms with Gasteiger partial charge in [-0.15, -0.1) is 6.58 Å². The standard InChI is InChI=1S/C16H24N2O4S/c1-3-8-15-16(18-14-10-5-4-9-13(14)17-15)21-11-6-7-12-22-23(2,19)20/h3H,1,4-12H2,2H3. The molecule has 2 rings (SSSR count). The van der Waals surface area contributed by atoms with Crippen LogP contribution in [0.2, 0.25) is 0 Å². The summed E-state index contributed by atoms with van der Waals surface area (Å²) in [6.45, 7) is 4.40. The fourth-order valence-corrected chi connectivity index (χ4v) is 2.90. The van der Waals surface area contributed by atoms with Crippen LogP contribution >= 0.6 is 0 Å². The molecule has 0 aliphatic heterocycles. The van der Waals surface area contributed by atoms with Crippen LogP contribution in [0.3, 0.4) is 0 Å². The SMILES string of the molecule is C=CCc1nc2c(nc1OCCCCOS(C)(=O)=O)CCCC2. The van der Waals surface area contributed by atoms with Crippen LogP contribution in [0.5, 0.6) is 5.88 Å². The van der Waals surface area contributed by atoms with Crippen LogP contribution in [0.25, 0.3) is 0 Å². The molecule has 1 aliphatic carbocycles. The molecule has 1 aliphatic rings. The summed E-state index contributed by atoms with van der Waals surface area (Å²) in [5, 5.41) is 0. The summed E-state index contributed by atoms with van der Waals surface area (Å²) in [5.41, 5.74) is 2.95. The number of unbranched alkanes of at least 4 members (excludes halogenated alkanes) is 1. The zero-order valence-electron chi connectivity index (χ0n) is 13.6. The monoisotopic (exact) mass is 340 g/mol. The molecular weight excluding hydrogens is 316 g/mol. The highest BCUT2D eigenvalue weighted by Crippen LogP contribution is 2.23. The van der Waals surface area contributed by atoms with Crippen molar-refractivity contribution in [1.82, 2.24) is 9.97 Å². The highest BCUT2D eigenvalue weighted by Gasteiger charge is 2.17. The Labute approximate surface area is 138 Å². The molecule has 0 atom stereocenters. The Bertz CT molecular complexity index is 644. The molecule has 0 saturated heterocycles. The highest BCUT2D eigenvalue weighted by atomic mass is 32.2. The Morgan fingerprint density at radius 2 is 1.78 bits per heavy atom. The van der Waals surface area contributed by atoms with Crippen molar-refractivity contribution < 1.29 is 17.3 Å². The third-order valence-corrected chi connectivity index (χ3v) is 4.17. The van der Waals surface area contributed by atoms with Gasteiger partial charge in [-0.3, -0.25) is 4.18 Å². The Kier molecular flexibility index (Phi) is 6.53. The summed E-state index contributed by atoms with van der Waals surface area (Å²) >= 11 is 0. The summed E-state index contributed by atoms with van der Waals surface area (Å²) < 4.78 is 32.2. The van der Waals surface area contributed by atoms with E-state index in [0.717, 1.165) is 49.0 Å². The Balaban J connectivity index is 1.89. The molecule has 1 aromatic heterocycles. The van der Waals surface area contributed by atoms with E-state index in [2.05, 4.69) is 16.5 Å². The predicted octanol–water partition coefficient (Wildman–Crippen LogP) is 2.22. The van der Waals surface area contributed by atoms with Crippen molar-refractivity contribution in [3.05, 3.63) is 29.7 Å². The van der Waals surface area contributed by atoms with Crippen LogP contribution in [0.15, 0.2) is 12.7 Å². The largest absolute Gasteiger partial charge is 0.476 e. The summed E-state index contributed by atoms with van der Waals surface area (Å²) in [4.78, 5) is 9.32. The highest BCUT2D eigenvalue weighted by molar-refractivity contribution is 7.85. The van der Waals surface area contributed by atoms with Crippen molar-refractivity contribution >= 4 is 10.1 Å². The van der Waals surface area contributed by atoms with Gasteiger partial charge in [0.05, 0.1) is 30.9 Å². The second kappa shape index (κ2) is 8.40. The topological polar surface area (TPSA) is 78.4 Å². The minimum atomic E-state index is -3.36. The Morgan fingerprint density at radius 1 is 1.13 bits per heavy atom. The lowest BCUT2D eigenvalue weighted by Crippen LogP contribution is -2.13. The first-order chi connectivity index (χ1) is 11.0. The summed E-state index contributed by atoms with van der Waals surface area (Å²) in [6, 6.07) is 0. The van der Waals surface area contributed by atoms with Crippen LogP contribution in [-0.2, 0) is 33.6 Å². The maximum atomic E-state index is 10.9. The number of hydrogen-bond donors (Lipinski definition) is 0. The molecule has 128 valence electrons. The molecule has 1 heterocycles. The summed E-state index contributed by atoms with van der Waals surface area (Å²) in [7, 11) is -3.36. The molecule has 0 N–H and O–H groups in total. The average molecular weight is 340 g/mol. The van der Waals surface area contributed by atoms with Crippen molar-refractivity contribution in [3.8, 4) is 5.88 Å². The Morgan fingerprint density at radius 3 is 2.43 bits per heavy atom. The van der Waals surface area contributed by atoms with Gasteiger partial charge in [-0.25, -0.2) is 9.97 Å². The van der Waals surface area contributed by atoms with Crippen LogP contribution in [-0.4, -0.2) is 37.9 Å². The molecule has 0 amide bonds. The first-order valence-corrected chi connectivity index (χ1v) is 9.78. The van der Waals surface area contributed by atoms with Gasteiger partial charge in [0.15, 0.2) is 0 Å². The van der Waals surface area contributed by atoms with Crippen LogP contribution in [0.1, 0.15) is 42.8 Å². The average Bonchev–Trinajstić information content (AvgIpc) is 2.50. The third kappa shape index (κ3) is 5.91. The molecule has 0 unspecified atom stereocenters. The van der Waals surface area contributed by atoms with Crippen LogP contribution in [0.4, 0.5) is 0 Å². The molecule has 0 fully saturated rings. The Hall–Kier alpha value is -1.47. The third-order valence-electron chi connectivity index (χ3n) is 3.58. The number of nitrogens with zero attached hydrogens (tertiary/aromatic N) is 2. The maximum Gasteiger partial charge on any atom is 0.264 e. The summed E-state index contributed by atoms with van der Waals surface area (Å²) in [5.74, 6) is 0.578. The number of hydrogen-bond acceptors (Lipinski definition) is 6. The molecule has 0 bridgehead atoms. The van der Waals surface area contributed by atoms with E-state index in [-0.39, 0.29) is 6.61 Å². The smallest absolute Gasteiger partial charge is 0.264 e. The maximum absolute atomic E-state index is 10.9. The first-order valence-electron chi connectivity index (χ1n) is 7.96. The molecule has 23 heavy (non-hydrogen) atoms. The van der Waals surface area contributed by atoms with E-state index in [1.807, 2.05) is 0 Å². The van der Waals surface area contributed by atoms with Crippen LogP contribution < -0.4 is 4.74 Å². The van der Waals surface area contributed by atoms with Gasteiger partial charge in [0.25, 0.3) is 10.1 Å². The molecule has 0 spiro atoms. The molecule has 0 aromatic carbocycles. The minimum Gasteiger partial charge on any atom is -0.476 e. The number of rotatable bonds is 9. The first kappa shape index (κ1) is 17.9. The molecule has 7 heteroatoms. The number of allylic oxidation sites excluding steroid dienone is 1. The van der Waals surface area contributed by atoms with E-state index in [1.54, 1.807) is 6.08 Å². The molecule has 0 radical (unpaired) electrons. The van der Waals surface area contributed by atoms with Gasteiger partial charge in [-0.1, -0.05) is 6.08 Å². The molecular formula is C16H24N2O4S. The summed E-state index contributed by atoms with van der Waals surface area (Å²) in [6.07, 6.45) is 9.03. The number of aryl methyl sites for hydroxylation is 2. The lowest BCUT2D eigenvalue weighted by atomic mass is 10.0. The second-order valence-corrected chi connectivity index (χ2v) is 7.29. The zero-order valence-corrected chi connectivity index (χ0v) is 14.4. The van der Waals surface area contributed by atoms with Gasteiger partial charge >= 0.3 is 0 Å². The van der Waals surface area contributed by atoms with Gasteiger partial charge in [0.1, 0.15) is 5.69 Å². The fraction of sp³-hybridized carbons (Fsp3) is 0.625. The second-order valence-electron chi connectivity index (χ2n) is 5.65. The predicted molar refractivity (Wildman–Crippen MR) is 88.1 cm³/mol. The van der Waals surface area contributed by atoms with Gasteiger partial charge in [0, 0.05) is 6.42 Å². The van der Waals surface area contributed by atoms with Gasteiger partial charge < -0.3 is 4.74 Å². The lowest BCUT2D eigenvalue weighted by Gasteiger charge is -2.17. The molecule has 6 nitrogen and oxygen atoms in total. The van der Waals surface area contributed by atoms with Crippen molar-refractivity contribution in [2.75, 3.05) is 19.5 Å². The quantitative estimate of drug-likeness (QED) is 0.390. The van der Waals surface area contributed by atoms with Gasteiger partial charge in [-0.2, -0.15) is 8.42 Å². The number of ether oxygens (including phenoxy) is 1. The van der Waals surface area contributed by atoms with Crippen molar-refractivity contribution in [2.24, 2.45) is 0 Å². The van der Waals surface area contributed by atoms with Gasteiger partial charge in [-0.05, 0) is 38.5 Å². The van der Waals surface area contributed by atoms with Crippen molar-refractivity contribution in [1.29, 1.82) is 0 Å². The fourth-order valence-electron chi connectivity index (χ4n) is 2.48. The van der Waals surface area contributed by atoms with E-state index in [9.17, 15) is 8.42 Å². The molecule has 1 aromatic rings. The van der Waals surface area contributed by atoms with E-state index < -0.39 is 10.1 Å². The molecule has 0 saturated carbocycles. The normalized spacial score (nSPS) is 14.3. The van der Waals surface area contributed by atoms with E-state index in [1.165, 1.54) is 0 Å². The van der Waals surface area contributed by atoms with E-state index in [0.29, 0.717) is 31.7 Å².